The zero-order valence-electron chi connectivity index (χ0n) is 20.5. The molecule has 13 unspecified atom stereocenters. The molecule has 4 saturated carbocycles. The first kappa shape index (κ1) is 25.1. The molecule has 1 aliphatic heterocycles. The summed E-state index contributed by atoms with van der Waals surface area (Å²) >= 11 is 0. The molecule has 34 heavy (non-hydrogen) atoms. The van der Waals surface area contributed by atoms with Gasteiger partial charge in [-0.15, -0.1) is 0 Å². The Morgan fingerprint density at radius 1 is 0.941 bits per heavy atom. The van der Waals surface area contributed by atoms with Crippen molar-refractivity contribution in [2.75, 3.05) is 6.61 Å². The molecule has 13 atom stereocenters. The van der Waals surface area contributed by atoms with Gasteiger partial charge in [0.15, 0.2) is 6.29 Å². The third-order valence-corrected chi connectivity index (χ3v) is 10.5. The van der Waals surface area contributed by atoms with E-state index in [1.807, 2.05) is 0 Å². The minimum absolute atomic E-state index is 0.0305. The van der Waals surface area contributed by atoms with Crippen LogP contribution in [0.15, 0.2) is 12.2 Å². The summed E-state index contributed by atoms with van der Waals surface area (Å²) in [5.74, 6) is 0.554. The second-order valence-corrected chi connectivity index (χ2v) is 12.8. The van der Waals surface area contributed by atoms with Crippen LogP contribution >= 0.6 is 0 Å². The summed E-state index contributed by atoms with van der Waals surface area (Å²) in [7, 11) is 0. The number of aliphatic hydroxyl groups excluding tert-OH is 6. The number of fused-ring (bicyclic) bond motifs is 3. The van der Waals surface area contributed by atoms with E-state index in [-0.39, 0.29) is 34.2 Å². The molecule has 0 amide bonds. The normalized spacial score (nSPS) is 56.6. The smallest absolute Gasteiger partial charge is 0.186 e. The number of ether oxygens (including phenoxy) is 2. The molecule has 194 valence electrons. The highest BCUT2D eigenvalue weighted by Crippen LogP contribution is 2.72. The van der Waals surface area contributed by atoms with Crippen LogP contribution in [-0.4, -0.2) is 86.3 Å². The summed E-state index contributed by atoms with van der Waals surface area (Å²) < 4.78 is 11.9. The summed E-state index contributed by atoms with van der Waals surface area (Å²) in [5, 5.41) is 63.2. The Labute approximate surface area is 201 Å². The van der Waals surface area contributed by atoms with Crippen molar-refractivity contribution in [1.82, 2.24) is 0 Å². The molecule has 2 bridgehead atoms. The van der Waals surface area contributed by atoms with Gasteiger partial charge in [-0.2, -0.15) is 0 Å². The number of rotatable bonds is 3. The van der Waals surface area contributed by atoms with E-state index >= 15 is 0 Å². The molecule has 0 aromatic rings. The van der Waals surface area contributed by atoms with Gasteiger partial charge in [-0.1, -0.05) is 27.4 Å². The average molecular weight is 483 g/mol. The number of hydrogen-bond donors (Lipinski definition) is 6. The fourth-order valence-electron chi connectivity index (χ4n) is 9.48. The second-order valence-electron chi connectivity index (χ2n) is 12.8. The van der Waals surface area contributed by atoms with Crippen LogP contribution in [0.4, 0.5) is 0 Å². The maximum atomic E-state index is 11.5. The van der Waals surface area contributed by atoms with E-state index < -0.39 is 49.5 Å². The van der Waals surface area contributed by atoms with Gasteiger partial charge in [0.25, 0.3) is 0 Å². The molecular weight excluding hydrogens is 440 g/mol. The van der Waals surface area contributed by atoms with Gasteiger partial charge in [0.1, 0.15) is 24.4 Å². The highest BCUT2D eigenvalue weighted by Gasteiger charge is 2.69. The lowest BCUT2D eigenvalue weighted by Crippen LogP contribution is -2.65. The van der Waals surface area contributed by atoms with Crippen molar-refractivity contribution >= 4 is 0 Å². The highest BCUT2D eigenvalue weighted by molar-refractivity contribution is 5.28. The van der Waals surface area contributed by atoms with Crippen molar-refractivity contribution in [3.63, 3.8) is 0 Å². The van der Waals surface area contributed by atoms with Crippen molar-refractivity contribution in [1.29, 1.82) is 0 Å². The highest BCUT2D eigenvalue weighted by atomic mass is 16.7. The molecule has 8 nitrogen and oxygen atoms in total. The first-order valence-corrected chi connectivity index (χ1v) is 12.9. The summed E-state index contributed by atoms with van der Waals surface area (Å²) in [4.78, 5) is 0. The quantitative estimate of drug-likeness (QED) is 0.255. The topological polar surface area (TPSA) is 140 Å². The molecular formula is C26H42O8. The third kappa shape index (κ3) is 3.40. The molecule has 0 radical (unpaired) electrons. The lowest BCUT2D eigenvalue weighted by molar-refractivity contribution is -0.325. The molecule has 6 N–H and O–H groups in total. The Morgan fingerprint density at radius 3 is 2.32 bits per heavy atom. The predicted octanol–water partition coefficient (Wildman–Crippen LogP) is 0.712. The Balaban J connectivity index is 1.44. The van der Waals surface area contributed by atoms with Gasteiger partial charge in [0.2, 0.25) is 0 Å². The first-order chi connectivity index (χ1) is 15.9. The molecule has 1 heterocycles. The van der Waals surface area contributed by atoms with Crippen LogP contribution in [0, 0.1) is 34.0 Å². The maximum Gasteiger partial charge on any atom is 0.186 e. The summed E-state index contributed by atoms with van der Waals surface area (Å²) in [6.07, 6.45) is -3.30. The van der Waals surface area contributed by atoms with Crippen LogP contribution in [0.3, 0.4) is 0 Å². The van der Waals surface area contributed by atoms with Gasteiger partial charge >= 0.3 is 0 Å². The molecule has 0 aromatic carbocycles. The third-order valence-electron chi connectivity index (χ3n) is 10.5. The van der Waals surface area contributed by atoms with E-state index in [1.165, 1.54) is 0 Å². The van der Waals surface area contributed by atoms with E-state index in [4.69, 9.17) is 9.47 Å². The second kappa shape index (κ2) is 8.21. The van der Waals surface area contributed by atoms with Crippen molar-refractivity contribution in [2.45, 2.75) is 108 Å². The van der Waals surface area contributed by atoms with Gasteiger partial charge in [-0.25, -0.2) is 0 Å². The van der Waals surface area contributed by atoms with Crippen LogP contribution in [0.25, 0.3) is 0 Å². The lowest BCUT2D eigenvalue weighted by Gasteiger charge is -2.66. The largest absolute Gasteiger partial charge is 0.394 e. The zero-order valence-corrected chi connectivity index (χ0v) is 20.5. The van der Waals surface area contributed by atoms with Crippen LogP contribution in [0.1, 0.15) is 59.3 Å². The van der Waals surface area contributed by atoms with Crippen molar-refractivity contribution in [3.8, 4) is 0 Å². The Kier molecular flexibility index (Phi) is 6.06. The molecule has 8 heteroatoms. The molecule has 1 spiro atoms. The number of aliphatic hydroxyl groups is 6. The monoisotopic (exact) mass is 482 g/mol. The summed E-state index contributed by atoms with van der Waals surface area (Å²) in [5.41, 5.74) is -0.0360. The summed E-state index contributed by atoms with van der Waals surface area (Å²) in [6.45, 7) is 10.2. The van der Waals surface area contributed by atoms with E-state index in [9.17, 15) is 30.6 Å². The van der Waals surface area contributed by atoms with Crippen LogP contribution in [-0.2, 0) is 9.47 Å². The van der Waals surface area contributed by atoms with Gasteiger partial charge in [0, 0.05) is 5.41 Å². The van der Waals surface area contributed by atoms with Crippen molar-refractivity contribution in [2.24, 2.45) is 34.0 Å². The maximum absolute atomic E-state index is 11.5. The van der Waals surface area contributed by atoms with E-state index in [1.54, 1.807) is 0 Å². The predicted molar refractivity (Wildman–Crippen MR) is 122 cm³/mol. The van der Waals surface area contributed by atoms with E-state index in [0.717, 1.165) is 24.8 Å². The van der Waals surface area contributed by atoms with Crippen LogP contribution < -0.4 is 0 Å². The molecule has 5 fully saturated rings. The van der Waals surface area contributed by atoms with Crippen LogP contribution in [0.5, 0.6) is 0 Å². The minimum atomic E-state index is -1.48. The van der Waals surface area contributed by atoms with Crippen molar-refractivity contribution in [3.05, 3.63) is 12.2 Å². The number of hydrogen-bond acceptors (Lipinski definition) is 8. The Bertz CT molecular complexity index is 815. The van der Waals surface area contributed by atoms with Gasteiger partial charge in [0.05, 0.1) is 24.9 Å². The summed E-state index contributed by atoms with van der Waals surface area (Å²) in [6, 6.07) is 0. The molecule has 0 aromatic heterocycles. The molecule has 5 rings (SSSR count). The van der Waals surface area contributed by atoms with Crippen LogP contribution in [0.2, 0.25) is 0 Å². The fraction of sp³-hybridized carbons (Fsp3) is 0.923. The van der Waals surface area contributed by atoms with Gasteiger partial charge in [-0.05, 0) is 72.7 Å². The first-order valence-electron chi connectivity index (χ1n) is 12.9. The standard InChI is InChI=1S/C26H42O8/c1-12-13-5-6-17-25(4)9-14(33-23-20(31)19(30)18(29)16(11-27)34-23)8-24(2,3)21(25)15(28)10-26(17,7-13)22(12)32/h13-23,27-32H,1,5-11H2,2-4H3. The molecule has 5 aliphatic rings. The van der Waals surface area contributed by atoms with Gasteiger partial charge < -0.3 is 40.1 Å². The lowest BCUT2D eigenvalue weighted by atomic mass is 9.40. The average Bonchev–Trinajstić information content (AvgIpc) is 2.92. The Hall–Kier alpha value is -0.580. The minimum Gasteiger partial charge on any atom is -0.394 e. The van der Waals surface area contributed by atoms with E-state index in [0.29, 0.717) is 25.2 Å². The molecule has 4 aliphatic carbocycles. The molecule has 1 saturated heterocycles. The van der Waals surface area contributed by atoms with Gasteiger partial charge in [-0.3, -0.25) is 0 Å². The van der Waals surface area contributed by atoms with E-state index in [2.05, 4.69) is 27.4 Å². The zero-order chi connectivity index (χ0) is 24.8. The SMILES string of the molecule is C=C1C2CCC3C4(C)CC(OC5OC(CO)C(O)C(O)C5O)CC(C)(C)C4C(O)CC3(C2)C1O. The fourth-order valence-corrected chi connectivity index (χ4v) is 9.48. The Morgan fingerprint density at radius 2 is 1.65 bits per heavy atom. The van der Waals surface area contributed by atoms with Crippen molar-refractivity contribution < 1.29 is 40.1 Å².